The highest BCUT2D eigenvalue weighted by molar-refractivity contribution is 7.88. The number of halogens is 1. The van der Waals surface area contributed by atoms with Crippen LogP contribution in [0.4, 0.5) is 10.2 Å². The second-order valence-corrected chi connectivity index (χ2v) is 13.8. The molecule has 1 aromatic heterocycles. The second kappa shape index (κ2) is 12.2. The first-order chi connectivity index (χ1) is 19.5. The van der Waals surface area contributed by atoms with Crippen LogP contribution in [0.25, 0.3) is 0 Å². The predicted molar refractivity (Wildman–Crippen MR) is 155 cm³/mol. The van der Waals surface area contributed by atoms with E-state index < -0.39 is 15.8 Å². The van der Waals surface area contributed by atoms with E-state index in [1.54, 1.807) is 11.1 Å². The molecule has 3 atom stereocenters. The fourth-order valence-electron chi connectivity index (χ4n) is 6.54. The molecule has 2 heterocycles. The Morgan fingerprint density at radius 1 is 1.17 bits per heavy atom. The first kappa shape index (κ1) is 29.7. The molecule has 0 bridgehead atoms. The predicted octanol–water partition coefficient (Wildman–Crippen LogP) is 3.73. The van der Waals surface area contributed by atoms with Crippen LogP contribution in [0.3, 0.4) is 0 Å². The summed E-state index contributed by atoms with van der Waals surface area (Å²) in [6.07, 6.45) is 8.14. The number of aromatic nitrogens is 2. The maximum Gasteiger partial charge on any atom is 0.257 e. The number of hydrogen-bond donors (Lipinski definition) is 2. The van der Waals surface area contributed by atoms with Gasteiger partial charge in [-0.3, -0.25) is 4.79 Å². The highest BCUT2D eigenvalue weighted by atomic mass is 32.2. The van der Waals surface area contributed by atoms with E-state index in [-0.39, 0.29) is 35.3 Å². The van der Waals surface area contributed by atoms with Gasteiger partial charge in [-0.1, -0.05) is 0 Å². The number of anilines is 1. The van der Waals surface area contributed by atoms with Crippen molar-refractivity contribution < 1.29 is 22.3 Å². The normalized spacial score (nSPS) is 26.0. The quantitative estimate of drug-likeness (QED) is 0.408. The van der Waals surface area contributed by atoms with E-state index in [9.17, 15) is 17.6 Å². The number of benzene rings is 1. The molecule has 3 aliphatic rings. The SMILES string of the molecule is CCN(C(=O)c1cc(F)ccc1Oc1cncnc1N[C@H]1[C@@H]2CN(C[C@H]3CC[C@H](NS(C)(=O)=O)CC3)C[C@@H]21)C(C)C. The fraction of sp³-hybridized carbons (Fsp3) is 0.621. The van der Waals surface area contributed by atoms with Crippen molar-refractivity contribution in [3.63, 3.8) is 0 Å². The molecule has 2 aliphatic carbocycles. The van der Waals surface area contributed by atoms with Crippen LogP contribution in [0.5, 0.6) is 11.5 Å². The molecule has 1 aliphatic heterocycles. The Morgan fingerprint density at radius 3 is 2.51 bits per heavy atom. The first-order valence-electron chi connectivity index (χ1n) is 14.6. The van der Waals surface area contributed by atoms with Crippen molar-refractivity contribution in [1.29, 1.82) is 0 Å². The van der Waals surface area contributed by atoms with E-state index in [0.717, 1.165) is 45.3 Å². The lowest BCUT2D eigenvalue weighted by Crippen LogP contribution is -2.39. The van der Waals surface area contributed by atoms with Gasteiger partial charge >= 0.3 is 0 Å². The molecule has 1 amide bonds. The van der Waals surface area contributed by atoms with Gasteiger partial charge < -0.3 is 19.9 Å². The zero-order chi connectivity index (χ0) is 29.3. The van der Waals surface area contributed by atoms with Gasteiger partial charge in [0.05, 0.1) is 18.0 Å². The largest absolute Gasteiger partial charge is 0.451 e. The molecular weight excluding hydrogens is 547 g/mol. The van der Waals surface area contributed by atoms with Crippen LogP contribution in [0.15, 0.2) is 30.7 Å². The average molecular weight is 589 g/mol. The smallest absolute Gasteiger partial charge is 0.257 e. The van der Waals surface area contributed by atoms with Crippen molar-refractivity contribution in [1.82, 2.24) is 24.5 Å². The standard InChI is InChI=1S/C29H41FN6O4S/c1-5-36(18(2)3)29(37)22-12-20(30)8-11-25(22)40-26-13-31-17-32-28(26)33-27-23-15-35(16-24(23)27)14-19-6-9-21(10-7-19)34-41(4,38)39/h8,11-13,17-19,21,23-24,27,34H,5-7,9-10,14-16H2,1-4H3,(H,31,32,33)/t19-,21-,23-,24+,27+. The van der Waals surface area contributed by atoms with Gasteiger partial charge in [0.1, 0.15) is 17.9 Å². The molecule has 2 N–H and O–H groups in total. The number of fused-ring (bicyclic) bond motifs is 1. The Morgan fingerprint density at radius 2 is 1.88 bits per heavy atom. The minimum atomic E-state index is -3.15. The Hall–Kier alpha value is -2.83. The molecule has 41 heavy (non-hydrogen) atoms. The summed E-state index contributed by atoms with van der Waals surface area (Å²) in [5, 5.41) is 3.53. The third kappa shape index (κ3) is 7.15. The number of nitrogens with one attached hydrogen (secondary N) is 2. The zero-order valence-corrected chi connectivity index (χ0v) is 25.0. The van der Waals surface area contributed by atoms with Gasteiger partial charge in [-0.25, -0.2) is 27.5 Å². The fourth-order valence-corrected chi connectivity index (χ4v) is 7.38. The van der Waals surface area contributed by atoms with Gasteiger partial charge in [0.25, 0.3) is 5.91 Å². The molecule has 10 nitrogen and oxygen atoms in total. The molecule has 2 saturated carbocycles. The lowest BCUT2D eigenvalue weighted by atomic mass is 9.86. The van der Waals surface area contributed by atoms with Crippen molar-refractivity contribution in [3.05, 3.63) is 42.1 Å². The Labute approximate surface area is 242 Å². The van der Waals surface area contributed by atoms with Crippen molar-refractivity contribution >= 4 is 21.7 Å². The Kier molecular flexibility index (Phi) is 8.81. The number of likely N-dealkylation sites (tertiary alicyclic amines) is 1. The molecule has 224 valence electrons. The van der Waals surface area contributed by atoms with Crippen LogP contribution < -0.4 is 14.8 Å². The summed E-state index contributed by atoms with van der Waals surface area (Å²) in [6, 6.07) is 4.28. The van der Waals surface area contributed by atoms with E-state index in [4.69, 9.17) is 4.74 Å². The lowest BCUT2D eigenvalue weighted by Gasteiger charge is -2.32. The van der Waals surface area contributed by atoms with Crippen LogP contribution in [0.1, 0.15) is 56.8 Å². The molecule has 2 aromatic rings. The summed E-state index contributed by atoms with van der Waals surface area (Å²) in [5.41, 5.74) is 0.162. The van der Waals surface area contributed by atoms with Gasteiger partial charge in [-0.05, 0) is 82.4 Å². The summed E-state index contributed by atoms with van der Waals surface area (Å²) in [7, 11) is -3.15. The summed E-state index contributed by atoms with van der Waals surface area (Å²) < 4.78 is 46.1. The number of ether oxygens (including phenoxy) is 1. The molecule has 0 spiro atoms. The summed E-state index contributed by atoms with van der Waals surface area (Å²) in [5.74, 6) is 2.06. The van der Waals surface area contributed by atoms with Gasteiger partial charge in [0.2, 0.25) is 10.0 Å². The lowest BCUT2D eigenvalue weighted by molar-refractivity contribution is 0.0713. The van der Waals surface area contributed by atoms with E-state index in [1.807, 2.05) is 20.8 Å². The third-order valence-electron chi connectivity index (χ3n) is 8.61. The molecular formula is C29H41FN6O4S. The van der Waals surface area contributed by atoms with Crippen LogP contribution in [-0.4, -0.2) is 84.7 Å². The van der Waals surface area contributed by atoms with Crippen molar-refractivity contribution in [3.8, 4) is 11.5 Å². The van der Waals surface area contributed by atoms with E-state index in [1.165, 1.54) is 30.8 Å². The second-order valence-electron chi connectivity index (χ2n) is 12.0. The molecule has 3 fully saturated rings. The number of nitrogens with zero attached hydrogens (tertiary/aromatic N) is 4. The number of rotatable bonds is 11. The highest BCUT2D eigenvalue weighted by Crippen LogP contribution is 2.48. The number of amides is 1. The van der Waals surface area contributed by atoms with Crippen LogP contribution >= 0.6 is 0 Å². The Balaban J connectivity index is 1.17. The topological polar surface area (TPSA) is 117 Å². The first-order valence-corrected chi connectivity index (χ1v) is 16.5. The number of carbonyl (C=O) groups excluding carboxylic acids is 1. The number of sulfonamides is 1. The number of carbonyl (C=O) groups is 1. The Bertz CT molecular complexity index is 1340. The monoisotopic (exact) mass is 588 g/mol. The maximum absolute atomic E-state index is 14.2. The van der Waals surface area contributed by atoms with Gasteiger partial charge in [-0.15, -0.1) is 0 Å². The van der Waals surface area contributed by atoms with E-state index in [0.29, 0.717) is 35.9 Å². The maximum atomic E-state index is 14.2. The van der Waals surface area contributed by atoms with Crippen LogP contribution in [0.2, 0.25) is 0 Å². The summed E-state index contributed by atoms with van der Waals surface area (Å²) in [4.78, 5) is 26.0. The van der Waals surface area contributed by atoms with Gasteiger partial charge in [0.15, 0.2) is 11.6 Å². The van der Waals surface area contributed by atoms with E-state index >= 15 is 0 Å². The molecule has 1 aromatic carbocycles. The van der Waals surface area contributed by atoms with Crippen LogP contribution in [0, 0.1) is 23.6 Å². The average Bonchev–Trinajstić information content (AvgIpc) is 3.34. The summed E-state index contributed by atoms with van der Waals surface area (Å²) >= 11 is 0. The molecule has 12 heteroatoms. The molecule has 0 unspecified atom stereocenters. The number of piperidine rings is 1. The highest BCUT2D eigenvalue weighted by Gasteiger charge is 2.56. The zero-order valence-electron chi connectivity index (χ0n) is 24.2. The van der Waals surface area contributed by atoms with E-state index in [2.05, 4.69) is 24.9 Å². The summed E-state index contributed by atoms with van der Waals surface area (Å²) in [6.45, 7) is 9.32. The van der Waals surface area contributed by atoms with Crippen molar-refractivity contribution in [2.45, 2.75) is 64.6 Å². The minimum Gasteiger partial charge on any atom is -0.451 e. The van der Waals surface area contributed by atoms with Gasteiger partial charge in [0, 0.05) is 44.3 Å². The molecule has 1 saturated heterocycles. The van der Waals surface area contributed by atoms with Crippen molar-refractivity contribution in [2.24, 2.45) is 17.8 Å². The van der Waals surface area contributed by atoms with Crippen molar-refractivity contribution in [2.75, 3.05) is 37.8 Å². The van der Waals surface area contributed by atoms with Crippen LogP contribution in [-0.2, 0) is 10.0 Å². The minimum absolute atomic E-state index is 0.0401. The van der Waals surface area contributed by atoms with Gasteiger partial charge in [-0.2, -0.15) is 0 Å². The number of hydrogen-bond acceptors (Lipinski definition) is 8. The molecule has 0 radical (unpaired) electrons. The molecule has 5 rings (SSSR count). The third-order valence-corrected chi connectivity index (χ3v) is 9.37.